The molecule has 24 heavy (non-hydrogen) atoms. The fraction of sp³-hybridized carbons (Fsp3) is 0.467. The average molecular weight is 334 g/mol. The van der Waals surface area contributed by atoms with E-state index in [0.717, 1.165) is 11.0 Å². The van der Waals surface area contributed by atoms with Crippen molar-refractivity contribution in [2.45, 2.75) is 25.8 Å². The van der Waals surface area contributed by atoms with Gasteiger partial charge in [0, 0.05) is 32.2 Å². The molecule has 0 radical (unpaired) electrons. The molecule has 2 aromatic rings. The summed E-state index contributed by atoms with van der Waals surface area (Å²) in [5, 5.41) is 3.08. The minimum Gasteiger partial charge on any atom is -0.363 e. The lowest BCUT2D eigenvalue weighted by atomic mass is 10.2. The molecule has 3 rings (SSSR count). The first-order valence-electron chi connectivity index (χ1n) is 7.80. The third-order valence-corrected chi connectivity index (χ3v) is 4.20. The van der Waals surface area contributed by atoms with Crippen LogP contribution < -0.4 is 21.5 Å². The topological polar surface area (TPSA) is 95.9 Å². The molecule has 1 aliphatic heterocycles. The molecule has 1 fully saturated rings. The summed E-state index contributed by atoms with van der Waals surface area (Å²) in [5.74, 6) is 0.233. The summed E-state index contributed by atoms with van der Waals surface area (Å²) in [4.78, 5) is 35.9. The second kappa shape index (κ2) is 6.42. The summed E-state index contributed by atoms with van der Waals surface area (Å²) >= 11 is 0. The fourth-order valence-corrected chi connectivity index (χ4v) is 2.76. The van der Waals surface area contributed by atoms with Crippen molar-refractivity contribution >= 4 is 11.6 Å². The Bertz CT molecular complexity index is 831. The van der Waals surface area contributed by atoms with E-state index in [0.29, 0.717) is 31.0 Å². The molecule has 1 saturated heterocycles. The molecule has 128 valence electrons. The molecule has 3 heterocycles. The minimum absolute atomic E-state index is 0.0355. The molecule has 2 aromatic heterocycles. The van der Waals surface area contributed by atoms with Crippen molar-refractivity contribution < 1.29 is 4.39 Å². The van der Waals surface area contributed by atoms with Gasteiger partial charge in [-0.3, -0.25) is 14.3 Å². The summed E-state index contributed by atoms with van der Waals surface area (Å²) in [6.45, 7) is 3.01. The highest BCUT2D eigenvalue weighted by Crippen LogP contribution is 2.20. The number of anilines is 2. The van der Waals surface area contributed by atoms with Gasteiger partial charge in [0.15, 0.2) is 11.6 Å². The summed E-state index contributed by atoms with van der Waals surface area (Å²) in [6.07, 6.45) is 2.58. The zero-order chi connectivity index (χ0) is 17.3. The monoisotopic (exact) mass is 334 g/mol. The predicted molar refractivity (Wildman–Crippen MR) is 87.9 cm³/mol. The highest BCUT2D eigenvalue weighted by molar-refractivity contribution is 5.43. The Morgan fingerprint density at radius 1 is 1.42 bits per heavy atom. The first-order chi connectivity index (χ1) is 11.5. The molecular weight excluding hydrogens is 315 g/mol. The predicted octanol–water partition coefficient (Wildman–Crippen LogP) is 0.256. The summed E-state index contributed by atoms with van der Waals surface area (Å²) in [5.41, 5.74) is -0.443. The van der Waals surface area contributed by atoms with Gasteiger partial charge in [0.05, 0.1) is 5.69 Å². The lowest BCUT2D eigenvalue weighted by Crippen LogP contribution is -2.35. The van der Waals surface area contributed by atoms with Gasteiger partial charge in [-0.15, -0.1) is 0 Å². The van der Waals surface area contributed by atoms with Gasteiger partial charge in [-0.1, -0.05) is 6.92 Å². The van der Waals surface area contributed by atoms with E-state index in [1.807, 2.05) is 11.8 Å². The van der Waals surface area contributed by atoms with Crippen LogP contribution in [0.15, 0.2) is 22.0 Å². The molecule has 8 nitrogen and oxygen atoms in total. The minimum atomic E-state index is -0.455. The Hall–Kier alpha value is -2.71. The number of H-pyrrole nitrogens is 1. The lowest BCUT2D eigenvalue weighted by molar-refractivity contribution is 0.593. The molecular formula is C15H19FN6O2. The van der Waals surface area contributed by atoms with E-state index < -0.39 is 11.5 Å². The number of aromatic amines is 1. The fourth-order valence-electron chi connectivity index (χ4n) is 2.76. The van der Waals surface area contributed by atoms with Crippen molar-refractivity contribution in [3.63, 3.8) is 0 Å². The average Bonchev–Trinajstić information content (AvgIpc) is 3.03. The van der Waals surface area contributed by atoms with Crippen LogP contribution in [0.1, 0.15) is 19.0 Å². The van der Waals surface area contributed by atoms with Gasteiger partial charge in [0.25, 0.3) is 5.56 Å². The van der Waals surface area contributed by atoms with Gasteiger partial charge in [0.1, 0.15) is 12.1 Å². The zero-order valence-electron chi connectivity index (χ0n) is 13.5. The van der Waals surface area contributed by atoms with Gasteiger partial charge in [0.2, 0.25) is 0 Å². The zero-order valence-corrected chi connectivity index (χ0v) is 13.5. The van der Waals surface area contributed by atoms with Gasteiger partial charge < -0.3 is 10.2 Å². The number of nitrogens with one attached hydrogen (secondary N) is 2. The number of aryl methyl sites for hydroxylation is 1. The Morgan fingerprint density at radius 3 is 2.92 bits per heavy atom. The van der Waals surface area contributed by atoms with E-state index in [2.05, 4.69) is 20.3 Å². The van der Waals surface area contributed by atoms with Crippen LogP contribution in [0.5, 0.6) is 0 Å². The van der Waals surface area contributed by atoms with Crippen molar-refractivity contribution in [3.8, 4) is 0 Å². The third-order valence-electron chi connectivity index (χ3n) is 4.20. The van der Waals surface area contributed by atoms with Crippen molar-refractivity contribution in [2.75, 3.05) is 23.3 Å². The molecule has 0 amide bonds. The SMILES string of the molecule is CCc1ncnc(NC2CCN(c3cc(=O)n(C)c(=O)[nH]3)C2)c1F. The summed E-state index contributed by atoms with van der Waals surface area (Å²) < 4.78 is 15.2. The number of rotatable bonds is 4. The number of hydrogen-bond acceptors (Lipinski definition) is 6. The highest BCUT2D eigenvalue weighted by atomic mass is 19.1. The van der Waals surface area contributed by atoms with Crippen LogP contribution >= 0.6 is 0 Å². The van der Waals surface area contributed by atoms with E-state index in [9.17, 15) is 14.0 Å². The quantitative estimate of drug-likeness (QED) is 0.832. The molecule has 0 aromatic carbocycles. The van der Waals surface area contributed by atoms with E-state index in [4.69, 9.17) is 0 Å². The Labute approximate surface area is 137 Å². The number of halogens is 1. The smallest absolute Gasteiger partial charge is 0.329 e. The lowest BCUT2D eigenvalue weighted by Gasteiger charge is -2.19. The third kappa shape index (κ3) is 3.01. The van der Waals surface area contributed by atoms with Crippen LogP contribution in [0.25, 0.3) is 0 Å². The van der Waals surface area contributed by atoms with Crippen LogP contribution in [0.4, 0.5) is 16.0 Å². The summed E-state index contributed by atoms with van der Waals surface area (Å²) in [6, 6.07) is 1.36. The molecule has 0 bridgehead atoms. The Morgan fingerprint density at radius 2 is 2.21 bits per heavy atom. The standard InChI is InChI=1S/C15H19FN6O2/c1-3-10-13(16)14(18-8-17-10)19-9-4-5-22(7-9)11-6-12(23)21(2)15(24)20-11/h6,8-9H,3-5,7H2,1-2H3,(H,20,24)(H,17,18,19). The number of aromatic nitrogens is 4. The van der Waals surface area contributed by atoms with Crippen molar-refractivity contribution in [1.29, 1.82) is 0 Å². The van der Waals surface area contributed by atoms with Gasteiger partial charge in [-0.05, 0) is 12.8 Å². The van der Waals surface area contributed by atoms with Gasteiger partial charge >= 0.3 is 5.69 Å². The van der Waals surface area contributed by atoms with Crippen LogP contribution in [-0.2, 0) is 13.5 Å². The maximum absolute atomic E-state index is 14.2. The molecule has 0 saturated carbocycles. The molecule has 0 aliphatic carbocycles. The van der Waals surface area contributed by atoms with E-state index >= 15 is 0 Å². The van der Waals surface area contributed by atoms with E-state index in [1.54, 1.807) is 0 Å². The molecule has 2 N–H and O–H groups in total. The van der Waals surface area contributed by atoms with Crippen molar-refractivity contribution in [1.82, 2.24) is 19.5 Å². The maximum Gasteiger partial charge on any atom is 0.329 e. The van der Waals surface area contributed by atoms with Gasteiger partial charge in [-0.25, -0.2) is 19.2 Å². The molecule has 1 atom stereocenters. The number of nitrogens with zero attached hydrogens (tertiary/aromatic N) is 4. The number of hydrogen-bond donors (Lipinski definition) is 2. The van der Waals surface area contributed by atoms with Crippen LogP contribution in [0, 0.1) is 5.82 Å². The second-order valence-electron chi connectivity index (χ2n) is 5.77. The largest absolute Gasteiger partial charge is 0.363 e. The molecule has 1 unspecified atom stereocenters. The summed E-state index contributed by atoms with van der Waals surface area (Å²) in [7, 11) is 1.42. The maximum atomic E-state index is 14.2. The Kier molecular flexibility index (Phi) is 4.32. The normalized spacial score (nSPS) is 17.3. The van der Waals surface area contributed by atoms with E-state index in [1.165, 1.54) is 19.4 Å². The Balaban J connectivity index is 1.75. The van der Waals surface area contributed by atoms with Gasteiger partial charge in [-0.2, -0.15) is 0 Å². The molecule has 1 aliphatic rings. The first kappa shape index (κ1) is 16.2. The van der Waals surface area contributed by atoms with Crippen LogP contribution in [0.3, 0.4) is 0 Å². The molecule has 9 heteroatoms. The second-order valence-corrected chi connectivity index (χ2v) is 5.77. The highest BCUT2D eigenvalue weighted by Gasteiger charge is 2.25. The van der Waals surface area contributed by atoms with E-state index in [-0.39, 0.29) is 17.4 Å². The van der Waals surface area contributed by atoms with Crippen molar-refractivity contribution in [3.05, 3.63) is 44.7 Å². The van der Waals surface area contributed by atoms with Crippen LogP contribution in [0.2, 0.25) is 0 Å². The molecule has 0 spiro atoms. The van der Waals surface area contributed by atoms with Crippen molar-refractivity contribution in [2.24, 2.45) is 7.05 Å². The van der Waals surface area contributed by atoms with Crippen LogP contribution in [-0.4, -0.2) is 38.7 Å². The first-order valence-corrected chi connectivity index (χ1v) is 7.80.